The summed E-state index contributed by atoms with van der Waals surface area (Å²) in [6.07, 6.45) is -0.410. The maximum atomic E-state index is 13.1. The van der Waals surface area contributed by atoms with Crippen molar-refractivity contribution >= 4 is 11.8 Å². The van der Waals surface area contributed by atoms with Crippen LogP contribution in [0.1, 0.15) is 28.5 Å². The third kappa shape index (κ3) is 5.02. The van der Waals surface area contributed by atoms with Gasteiger partial charge in [-0.2, -0.15) is 0 Å². The zero-order chi connectivity index (χ0) is 19.4. The van der Waals surface area contributed by atoms with E-state index in [9.17, 15) is 18.7 Å². The molecule has 2 aromatic carbocycles. The van der Waals surface area contributed by atoms with Crippen LogP contribution in [-0.4, -0.2) is 20.8 Å². The maximum absolute atomic E-state index is 13.1. The van der Waals surface area contributed by atoms with Crippen molar-refractivity contribution in [1.82, 2.24) is 9.97 Å². The molecule has 0 bridgehead atoms. The SMILES string of the molecule is Cc1c(Cc2ccc(F)cc2)nc(SCC(O)c2ccc(F)cc2)[nH]c1=O. The lowest BCUT2D eigenvalue weighted by Crippen LogP contribution is -2.16. The first kappa shape index (κ1) is 19.3. The van der Waals surface area contributed by atoms with Gasteiger partial charge in [-0.1, -0.05) is 36.0 Å². The van der Waals surface area contributed by atoms with Gasteiger partial charge in [0.05, 0.1) is 11.8 Å². The molecular formula is C20H18F2N2O2S. The van der Waals surface area contributed by atoms with E-state index in [2.05, 4.69) is 9.97 Å². The van der Waals surface area contributed by atoms with Crippen LogP contribution in [0.3, 0.4) is 0 Å². The zero-order valence-electron chi connectivity index (χ0n) is 14.6. The minimum absolute atomic E-state index is 0.249. The molecule has 0 aliphatic heterocycles. The number of nitrogens with one attached hydrogen (secondary N) is 1. The van der Waals surface area contributed by atoms with E-state index in [-0.39, 0.29) is 22.9 Å². The van der Waals surface area contributed by atoms with Crippen molar-refractivity contribution in [2.24, 2.45) is 0 Å². The highest BCUT2D eigenvalue weighted by Gasteiger charge is 2.13. The van der Waals surface area contributed by atoms with Crippen molar-refractivity contribution in [3.05, 3.63) is 92.9 Å². The molecule has 0 spiro atoms. The first-order valence-corrected chi connectivity index (χ1v) is 9.31. The molecule has 7 heteroatoms. The van der Waals surface area contributed by atoms with Gasteiger partial charge in [-0.3, -0.25) is 4.79 Å². The lowest BCUT2D eigenvalue weighted by molar-refractivity contribution is 0.204. The average Bonchev–Trinajstić information content (AvgIpc) is 2.66. The van der Waals surface area contributed by atoms with E-state index in [1.807, 2.05) is 0 Å². The van der Waals surface area contributed by atoms with E-state index in [0.29, 0.717) is 28.4 Å². The van der Waals surface area contributed by atoms with Crippen molar-refractivity contribution in [2.45, 2.75) is 24.6 Å². The van der Waals surface area contributed by atoms with E-state index < -0.39 is 6.10 Å². The van der Waals surface area contributed by atoms with E-state index >= 15 is 0 Å². The number of hydrogen-bond acceptors (Lipinski definition) is 4. The van der Waals surface area contributed by atoms with Crippen LogP contribution in [0.25, 0.3) is 0 Å². The Balaban J connectivity index is 1.74. The molecule has 2 N–H and O–H groups in total. The van der Waals surface area contributed by atoms with Crippen molar-refractivity contribution in [2.75, 3.05) is 5.75 Å². The summed E-state index contributed by atoms with van der Waals surface area (Å²) in [6, 6.07) is 11.7. The van der Waals surface area contributed by atoms with E-state index in [1.54, 1.807) is 19.1 Å². The first-order chi connectivity index (χ1) is 12.9. The molecule has 1 heterocycles. The van der Waals surface area contributed by atoms with Crippen molar-refractivity contribution in [1.29, 1.82) is 0 Å². The molecule has 0 saturated carbocycles. The molecule has 4 nitrogen and oxygen atoms in total. The summed E-state index contributed by atoms with van der Waals surface area (Å²) in [6.45, 7) is 1.69. The molecule has 1 atom stereocenters. The summed E-state index contributed by atoms with van der Waals surface area (Å²) < 4.78 is 26.0. The fourth-order valence-electron chi connectivity index (χ4n) is 2.53. The number of thioether (sulfide) groups is 1. The van der Waals surface area contributed by atoms with Crippen LogP contribution < -0.4 is 5.56 Å². The fraction of sp³-hybridized carbons (Fsp3) is 0.200. The van der Waals surface area contributed by atoms with Gasteiger partial charge < -0.3 is 10.1 Å². The highest BCUT2D eigenvalue weighted by atomic mass is 32.2. The van der Waals surface area contributed by atoms with Gasteiger partial charge in [0.1, 0.15) is 11.6 Å². The third-order valence-corrected chi connectivity index (χ3v) is 5.10. The lowest BCUT2D eigenvalue weighted by Gasteiger charge is -2.11. The van der Waals surface area contributed by atoms with E-state index in [1.165, 1.54) is 48.2 Å². The van der Waals surface area contributed by atoms with Crippen LogP contribution >= 0.6 is 11.8 Å². The number of aliphatic hydroxyl groups is 1. The number of hydrogen-bond donors (Lipinski definition) is 2. The second kappa shape index (κ2) is 8.45. The van der Waals surface area contributed by atoms with Crippen molar-refractivity contribution in [3.8, 4) is 0 Å². The third-order valence-electron chi connectivity index (χ3n) is 4.15. The van der Waals surface area contributed by atoms with Gasteiger partial charge >= 0.3 is 0 Å². The molecule has 140 valence electrons. The highest BCUT2D eigenvalue weighted by Crippen LogP contribution is 2.23. The van der Waals surface area contributed by atoms with Gasteiger partial charge in [0.25, 0.3) is 5.56 Å². The molecule has 0 amide bonds. The Hall–Kier alpha value is -2.51. The van der Waals surface area contributed by atoms with Crippen LogP contribution in [0.5, 0.6) is 0 Å². The number of aliphatic hydroxyl groups excluding tert-OH is 1. The van der Waals surface area contributed by atoms with Gasteiger partial charge in [-0.15, -0.1) is 0 Å². The number of nitrogens with zero attached hydrogens (tertiary/aromatic N) is 1. The minimum atomic E-state index is -0.817. The summed E-state index contributed by atoms with van der Waals surface area (Å²) in [5, 5.41) is 10.6. The summed E-state index contributed by atoms with van der Waals surface area (Å²) in [5.41, 5.74) is 2.29. The molecule has 0 radical (unpaired) electrons. The normalized spacial score (nSPS) is 12.1. The maximum Gasteiger partial charge on any atom is 0.254 e. The smallest absolute Gasteiger partial charge is 0.254 e. The molecule has 0 fully saturated rings. The average molecular weight is 388 g/mol. The second-order valence-electron chi connectivity index (χ2n) is 6.12. The Labute approximate surface area is 159 Å². The number of benzene rings is 2. The summed E-state index contributed by atoms with van der Waals surface area (Å²) in [5.74, 6) is -0.429. The van der Waals surface area contributed by atoms with Crippen LogP contribution in [0.4, 0.5) is 8.78 Å². The Kier molecular flexibility index (Phi) is 6.03. The monoisotopic (exact) mass is 388 g/mol. The number of rotatable bonds is 6. The quantitative estimate of drug-likeness (QED) is 0.498. The van der Waals surface area contributed by atoms with Gasteiger partial charge in [0, 0.05) is 17.7 Å². The predicted octanol–water partition coefficient (Wildman–Crippen LogP) is 3.77. The zero-order valence-corrected chi connectivity index (χ0v) is 15.4. The largest absolute Gasteiger partial charge is 0.388 e. The van der Waals surface area contributed by atoms with Crippen molar-refractivity contribution < 1.29 is 13.9 Å². The molecule has 1 aromatic heterocycles. The number of aromatic nitrogens is 2. The molecule has 3 rings (SSSR count). The molecule has 27 heavy (non-hydrogen) atoms. The second-order valence-corrected chi connectivity index (χ2v) is 7.13. The summed E-state index contributed by atoms with van der Waals surface area (Å²) >= 11 is 1.21. The number of H-pyrrole nitrogens is 1. The van der Waals surface area contributed by atoms with Crippen LogP contribution in [0.2, 0.25) is 0 Å². The molecule has 3 aromatic rings. The van der Waals surface area contributed by atoms with Crippen LogP contribution in [0.15, 0.2) is 58.5 Å². The standard InChI is InChI=1S/C20H18F2N2O2S/c1-12-17(10-13-2-6-15(21)7-3-13)23-20(24-19(12)26)27-11-18(25)14-4-8-16(22)9-5-14/h2-9,18,25H,10-11H2,1H3,(H,23,24,26). The molecule has 0 saturated heterocycles. The highest BCUT2D eigenvalue weighted by molar-refractivity contribution is 7.99. The Morgan fingerprint density at radius 3 is 2.30 bits per heavy atom. The molecule has 0 aliphatic carbocycles. The van der Waals surface area contributed by atoms with Gasteiger partial charge in [0.2, 0.25) is 0 Å². The fourth-order valence-corrected chi connectivity index (χ4v) is 3.38. The molecule has 1 unspecified atom stereocenters. The minimum Gasteiger partial charge on any atom is -0.388 e. The number of aromatic amines is 1. The molecule has 0 aliphatic rings. The lowest BCUT2D eigenvalue weighted by atomic mass is 10.1. The Morgan fingerprint density at radius 1 is 1.07 bits per heavy atom. The Bertz CT molecular complexity index is 973. The van der Waals surface area contributed by atoms with Gasteiger partial charge in [-0.25, -0.2) is 13.8 Å². The predicted molar refractivity (Wildman–Crippen MR) is 101 cm³/mol. The van der Waals surface area contributed by atoms with Crippen LogP contribution in [-0.2, 0) is 6.42 Å². The van der Waals surface area contributed by atoms with Crippen LogP contribution in [0, 0.1) is 18.6 Å². The molecular weight excluding hydrogens is 370 g/mol. The summed E-state index contributed by atoms with van der Waals surface area (Å²) in [4.78, 5) is 19.3. The van der Waals surface area contributed by atoms with E-state index in [0.717, 1.165) is 5.56 Å². The Morgan fingerprint density at radius 2 is 1.67 bits per heavy atom. The van der Waals surface area contributed by atoms with Crippen molar-refractivity contribution in [3.63, 3.8) is 0 Å². The van der Waals surface area contributed by atoms with Gasteiger partial charge in [0.15, 0.2) is 5.16 Å². The first-order valence-electron chi connectivity index (χ1n) is 8.33. The summed E-state index contributed by atoms with van der Waals surface area (Å²) in [7, 11) is 0. The van der Waals surface area contributed by atoms with E-state index in [4.69, 9.17) is 0 Å². The topological polar surface area (TPSA) is 66.0 Å². The van der Waals surface area contributed by atoms with Gasteiger partial charge in [-0.05, 0) is 42.3 Å². The number of halogens is 2.